The predicted octanol–water partition coefficient (Wildman–Crippen LogP) is 1.79. The lowest BCUT2D eigenvalue weighted by molar-refractivity contribution is 0.432. The summed E-state index contributed by atoms with van der Waals surface area (Å²) in [6.07, 6.45) is 3.81. The largest absolute Gasteiger partial charge is 0.508 e. The minimum atomic E-state index is 0.323. The van der Waals surface area contributed by atoms with Crippen LogP contribution in [0.2, 0.25) is 0 Å². The normalized spacial score (nSPS) is 35.0. The molecule has 1 saturated carbocycles. The molecule has 2 fully saturated rings. The van der Waals surface area contributed by atoms with Gasteiger partial charge in [0.05, 0.1) is 0 Å². The van der Waals surface area contributed by atoms with Gasteiger partial charge in [-0.1, -0.05) is 12.1 Å². The van der Waals surface area contributed by atoms with Crippen molar-refractivity contribution in [2.45, 2.75) is 30.7 Å². The number of hydrogen-bond acceptors (Lipinski definition) is 2. The van der Waals surface area contributed by atoms with Crippen LogP contribution in [-0.4, -0.2) is 17.7 Å². The molecule has 74 valence electrons. The van der Waals surface area contributed by atoms with E-state index in [0.29, 0.717) is 11.2 Å². The van der Waals surface area contributed by atoms with Gasteiger partial charge in [0.25, 0.3) is 0 Å². The van der Waals surface area contributed by atoms with E-state index in [4.69, 9.17) is 0 Å². The van der Waals surface area contributed by atoms with Gasteiger partial charge in [0.15, 0.2) is 0 Å². The Balaban J connectivity index is 2.02. The number of benzene rings is 1. The molecule has 0 radical (unpaired) electrons. The molecule has 2 unspecified atom stereocenters. The van der Waals surface area contributed by atoms with E-state index >= 15 is 0 Å². The lowest BCUT2D eigenvalue weighted by Gasteiger charge is -2.26. The average Bonchev–Trinajstić information content (AvgIpc) is 2.78. The van der Waals surface area contributed by atoms with Gasteiger partial charge in [0, 0.05) is 18.0 Å². The fraction of sp³-hybridized carbons (Fsp3) is 0.500. The highest BCUT2D eigenvalue weighted by molar-refractivity contribution is 5.36. The minimum absolute atomic E-state index is 0.323. The molecule has 2 heteroatoms. The third-order valence-electron chi connectivity index (χ3n) is 3.80. The molecule has 2 N–H and O–H groups in total. The van der Waals surface area contributed by atoms with Crippen LogP contribution in [0.15, 0.2) is 24.3 Å². The third-order valence-corrected chi connectivity index (χ3v) is 3.80. The van der Waals surface area contributed by atoms with Crippen molar-refractivity contribution in [3.05, 3.63) is 29.8 Å². The average molecular weight is 189 g/mol. The van der Waals surface area contributed by atoms with Gasteiger partial charge in [0.2, 0.25) is 0 Å². The number of phenolic OH excluding ortho intramolecular Hbond substituents is 1. The maximum atomic E-state index is 9.48. The predicted molar refractivity (Wildman–Crippen MR) is 55.4 cm³/mol. The molecule has 2 nitrogen and oxygen atoms in total. The van der Waals surface area contributed by atoms with E-state index in [1.807, 2.05) is 12.1 Å². The SMILES string of the molecule is Oc1cccc(C23CCC(C2)NC3)c1. The lowest BCUT2D eigenvalue weighted by Crippen LogP contribution is -2.32. The molecule has 1 aliphatic carbocycles. The molecule has 1 heterocycles. The van der Waals surface area contributed by atoms with Crippen molar-refractivity contribution >= 4 is 0 Å². The number of aromatic hydroxyl groups is 1. The van der Waals surface area contributed by atoms with Gasteiger partial charge in [-0.3, -0.25) is 0 Å². The van der Waals surface area contributed by atoms with Crippen molar-refractivity contribution in [2.24, 2.45) is 0 Å². The van der Waals surface area contributed by atoms with E-state index in [9.17, 15) is 5.11 Å². The Labute approximate surface area is 84.0 Å². The zero-order valence-electron chi connectivity index (χ0n) is 8.16. The summed E-state index contributed by atoms with van der Waals surface area (Å²) in [5, 5.41) is 13.0. The number of rotatable bonds is 1. The van der Waals surface area contributed by atoms with E-state index in [1.54, 1.807) is 6.07 Å². The van der Waals surface area contributed by atoms with Crippen LogP contribution in [0.1, 0.15) is 24.8 Å². The van der Waals surface area contributed by atoms with E-state index in [0.717, 1.165) is 12.6 Å². The second kappa shape index (κ2) is 2.74. The van der Waals surface area contributed by atoms with Crippen LogP contribution >= 0.6 is 0 Å². The smallest absolute Gasteiger partial charge is 0.115 e. The summed E-state index contributed by atoms with van der Waals surface area (Å²) < 4.78 is 0. The molecule has 1 aromatic carbocycles. The third kappa shape index (κ3) is 1.07. The zero-order valence-corrected chi connectivity index (χ0v) is 8.16. The summed E-state index contributed by atoms with van der Waals surface area (Å²) in [5.41, 5.74) is 1.63. The van der Waals surface area contributed by atoms with Crippen LogP contribution in [-0.2, 0) is 5.41 Å². The van der Waals surface area contributed by atoms with Gasteiger partial charge in [-0.25, -0.2) is 0 Å². The topological polar surface area (TPSA) is 32.3 Å². The van der Waals surface area contributed by atoms with Crippen molar-refractivity contribution in [2.75, 3.05) is 6.54 Å². The Kier molecular flexibility index (Phi) is 1.62. The fourth-order valence-electron chi connectivity index (χ4n) is 3.00. The van der Waals surface area contributed by atoms with Gasteiger partial charge >= 0.3 is 0 Å². The van der Waals surface area contributed by atoms with Crippen LogP contribution < -0.4 is 5.32 Å². The maximum absolute atomic E-state index is 9.48. The van der Waals surface area contributed by atoms with E-state index in [2.05, 4.69) is 11.4 Å². The van der Waals surface area contributed by atoms with Gasteiger partial charge in [-0.15, -0.1) is 0 Å². The summed E-state index contributed by atoms with van der Waals surface area (Å²) in [6.45, 7) is 1.08. The first-order valence-corrected chi connectivity index (χ1v) is 5.31. The highest BCUT2D eigenvalue weighted by Gasteiger charge is 2.45. The highest BCUT2D eigenvalue weighted by Crippen LogP contribution is 2.45. The molecule has 2 aliphatic rings. The van der Waals surface area contributed by atoms with Crippen molar-refractivity contribution in [1.82, 2.24) is 5.32 Å². The van der Waals surface area contributed by atoms with Crippen molar-refractivity contribution in [3.63, 3.8) is 0 Å². The quantitative estimate of drug-likeness (QED) is 0.706. The molecule has 2 bridgehead atoms. The Morgan fingerprint density at radius 2 is 2.36 bits per heavy atom. The second-order valence-electron chi connectivity index (χ2n) is 4.65. The second-order valence-corrected chi connectivity index (χ2v) is 4.65. The number of phenols is 1. The molecule has 0 aromatic heterocycles. The van der Waals surface area contributed by atoms with E-state index < -0.39 is 0 Å². The summed E-state index contributed by atoms with van der Waals surface area (Å²) in [7, 11) is 0. The summed E-state index contributed by atoms with van der Waals surface area (Å²) in [6, 6.07) is 8.49. The minimum Gasteiger partial charge on any atom is -0.508 e. The van der Waals surface area contributed by atoms with E-state index in [-0.39, 0.29) is 0 Å². The van der Waals surface area contributed by atoms with Gasteiger partial charge in [-0.2, -0.15) is 0 Å². The number of nitrogens with one attached hydrogen (secondary N) is 1. The lowest BCUT2D eigenvalue weighted by atomic mass is 9.80. The Hall–Kier alpha value is -1.02. The van der Waals surface area contributed by atoms with Crippen molar-refractivity contribution in [1.29, 1.82) is 0 Å². The van der Waals surface area contributed by atoms with E-state index in [1.165, 1.54) is 24.8 Å². The fourth-order valence-corrected chi connectivity index (χ4v) is 3.00. The Morgan fingerprint density at radius 3 is 2.93 bits per heavy atom. The number of piperidine rings is 1. The van der Waals surface area contributed by atoms with Gasteiger partial charge in [-0.05, 0) is 37.0 Å². The van der Waals surface area contributed by atoms with Crippen LogP contribution in [0, 0.1) is 0 Å². The van der Waals surface area contributed by atoms with Crippen LogP contribution in [0.3, 0.4) is 0 Å². The van der Waals surface area contributed by atoms with Crippen molar-refractivity contribution < 1.29 is 5.11 Å². The Morgan fingerprint density at radius 1 is 1.43 bits per heavy atom. The first kappa shape index (κ1) is 8.30. The molecule has 2 atom stereocenters. The molecular formula is C12H15NO. The first-order chi connectivity index (χ1) is 6.78. The number of fused-ring (bicyclic) bond motifs is 2. The summed E-state index contributed by atoms with van der Waals surface area (Å²) in [4.78, 5) is 0. The molecule has 0 spiro atoms. The van der Waals surface area contributed by atoms with Crippen LogP contribution in [0.4, 0.5) is 0 Å². The molecule has 14 heavy (non-hydrogen) atoms. The maximum Gasteiger partial charge on any atom is 0.115 e. The summed E-state index contributed by atoms with van der Waals surface area (Å²) >= 11 is 0. The van der Waals surface area contributed by atoms with Gasteiger partial charge < -0.3 is 10.4 Å². The summed E-state index contributed by atoms with van der Waals surface area (Å²) in [5.74, 6) is 0.396. The zero-order chi connectivity index (χ0) is 9.60. The standard InChI is InChI=1S/C12H15NO/c14-11-3-1-2-9(6-11)12-5-4-10(7-12)13-8-12/h1-3,6,10,13-14H,4-5,7-8H2. The molecule has 1 aromatic rings. The van der Waals surface area contributed by atoms with Gasteiger partial charge in [0.1, 0.15) is 5.75 Å². The van der Waals surface area contributed by atoms with Crippen LogP contribution in [0.25, 0.3) is 0 Å². The first-order valence-electron chi connectivity index (χ1n) is 5.31. The monoisotopic (exact) mass is 189 g/mol. The van der Waals surface area contributed by atoms with Crippen LogP contribution in [0.5, 0.6) is 5.75 Å². The number of hydrogen-bond donors (Lipinski definition) is 2. The van der Waals surface area contributed by atoms with Crippen molar-refractivity contribution in [3.8, 4) is 5.75 Å². The molecule has 3 rings (SSSR count). The Bertz CT molecular complexity index is 353. The molecule has 1 aliphatic heterocycles. The highest BCUT2D eigenvalue weighted by atomic mass is 16.3. The molecular weight excluding hydrogens is 174 g/mol. The molecule has 1 saturated heterocycles. The molecule has 0 amide bonds.